The Morgan fingerprint density at radius 2 is 1.82 bits per heavy atom. The Morgan fingerprint density at radius 1 is 1.05 bits per heavy atom. The molecule has 6 nitrogen and oxygen atoms in total. The van der Waals surface area contributed by atoms with Crippen molar-refractivity contribution in [2.24, 2.45) is 0 Å². The highest BCUT2D eigenvalue weighted by Gasteiger charge is 2.18. The summed E-state index contributed by atoms with van der Waals surface area (Å²) in [5.41, 5.74) is 11.2. The van der Waals surface area contributed by atoms with Crippen molar-refractivity contribution in [3.8, 4) is 5.69 Å². The summed E-state index contributed by atoms with van der Waals surface area (Å²) in [4.78, 5) is 0. The number of aromatic amines is 1. The molecule has 0 amide bonds. The Morgan fingerprint density at radius 3 is 2.59 bits per heavy atom. The molecule has 0 aliphatic carbocycles. The summed E-state index contributed by atoms with van der Waals surface area (Å²) in [5, 5.41) is 18.5. The summed E-state index contributed by atoms with van der Waals surface area (Å²) >= 11 is 0. The van der Waals surface area contributed by atoms with Crippen molar-refractivity contribution < 1.29 is 0 Å². The molecule has 0 atom stereocenters. The second kappa shape index (κ2) is 4.30. The quantitative estimate of drug-likeness (QED) is 0.565. The molecule has 0 aliphatic heterocycles. The number of anilines is 1. The largest absolute Gasteiger partial charge is 0.382 e. The van der Waals surface area contributed by atoms with E-state index in [0.29, 0.717) is 5.82 Å². The van der Waals surface area contributed by atoms with Gasteiger partial charge in [0, 0.05) is 33.2 Å². The maximum atomic E-state index is 6.06. The fourth-order valence-corrected chi connectivity index (χ4v) is 3.27. The smallest absolute Gasteiger partial charge is 0.155 e. The third-order valence-electron chi connectivity index (χ3n) is 4.25. The molecule has 0 saturated carbocycles. The first kappa shape index (κ1) is 12.8. The molecule has 3 aromatic heterocycles. The minimum atomic E-state index is 0.475. The number of fused-ring (bicyclic) bond motifs is 2. The molecular formula is C16H16N6. The monoisotopic (exact) mass is 292 g/mol. The van der Waals surface area contributed by atoms with Crippen LogP contribution in [-0.4, -0.2) is 25.0 Å². The van der Waals surface area contributed by atoms with Gasteiger partial charge in [0.2, 0.25) is 0 Å². The molecule has 0 unspecified atom stereocenters. The molecule has 0 bridgehead atoms. The molecule has 4 aromatic rings. The van der Waals surface area contributed by atoms with Gasteiger partial charge in [0.25, 0.3) is 0 Å². The number of hydrogen-bond donors (Lipinski definition) is 2. The Hall–Kier alpha value is -2.89. The van der Waals surface area contributed by atoms with Gasteiger partial charge in [0.05, 0.1) is 17.4 Å². The van der Waals surface area contributed by atoms with Crippen LogP contribution in [0.3, 0.4) is 0 Å². The normalized spacial score (nSPS) is 11.6. The van der Waals surface area contributed by atoms with E-state index in [2.05, 4.69) is 57.0 Å². The van der Waals surface area contributed by atoms with Crippen LogP contribution in [0, 0.1) is 20.8 Å². The SMILES string of the molecule is Cc1nnc(N)c2c(C)n(-c3ccc4cn[nH]c4c3)c(C)c12. The first-order valence-electron chi connectivity index (χ1n) is 7.12. The molecule has 6 heteroatoms. The van der Waals surface area contributed by atoms with Crippen molar-refractivity contribution in [1.82, 2.24) is 25.0 Å². The van der Waals surface area contributed by atoms with E-state index in [0.717, 1.165) is 44.4 Å². The predicted octanol–water partition coefficient (Wildman–Crippen LogP) is 2.80. The summed E-state index contributed by atoms with van der Waals surface area (Å²) in [6, 6.07) is 6.24. The third kappa shape index (κ3) is 1.57. The van der Waals surface area contributed by atoms with Gasteiger partial charge in [-0.15, -0.1) is 5.10 Å². The number of rotatable bonds is 1. The minimum Gasteiger partial charge on any atom is -0.382 e. The van der Waals surface area contributed by atoms with Crippen LogP contribution >= 0.6 is 0 Å². The topological polar surface area (TPSA) is 85.4 Å². The molecule has 0 radical (unpaired) electrons. The molecule has 110 valence electrons. The average molecular weight is 292 g/mol. The summed E-state index contributed by atoms with van der Waals surface area (Å²) in [7, 11) is 0. The summed E-state index contributed by atoms with van der Waals surface area (Å²) in [5.74, 6) is 0.475. The van der Waals surface area contributed by atoms with Gasteiger partial charge in [0.1, 0.15) is 0 Å². The van der Waals surface area contributed by atoms with E-state index >= 15 is 0 Å². The van der Waals surface area contributed by atoms with Gasteiger partial charge in [-0.2, -0.15) is 10.2 Å². The molecule has 4 rings (SSSR count). The van der Waals surface area contributed by atoms with Crippen LogP contribution in [0.15, 0.2) is 24.4 Å². The second-order valence-electron chi connectivity index (χ2n) is 5.57. The molecule has 3 heterocycles. The number of aryl methyl sites for hydroxylation is 3. The number of nitrogens with one attached hydrogen (secondary N) is 1. The van der Waals surface area contributed by atoms with Gasteiger partial charge >= 0.3 is 0 Å². The van der Waals surface area contributed by atoms with Gasteiger partial charge in [-0.3, -0.25) is 5.10 Å². The van der Waals surface area contributed by atoms with E-state index in [1.807, 2.05) is 13.1 Å². The molecule has 3 N–H and O–H groups in total. The van der Waals surface area contributed by atoms with Crippen molar-refractivity contribution in [2.45, 2.75) is 20.8 Å². The Balaban J connectivity index is 2.10. The summed E-state index contributed by atoms with van der Waals surface area (Å²) in [6.07, 6.45) is 1.82. The lowest BCUT2D eigenvalue weighted by atomic mass is 10.1. The van der Waals surface area contributed by atoms with Gasteiger partial charge < -0.3 is 10.3 Å². The van der Waals surface area contributed by atoms with Crippen molar-refractivity contribution in [1.29, 1.82) is 0 Å². The Labute approximate surface area is 127 Å². The Bertz CT molecular complexity index is 979. The van der Waals surface area contributed by atoms with Crippen molar-refractivity contribution >= 4 is 27.5 Å². The number of nitrogen functional groups attached to an aromatic ring is 1. The van der Waals surface area contributed by atoms with E-state index < -0.39 is 0 Å². The zero-order valence-electron chi connectivity index (χ0n) is 12.7. The van der Waals surface area contributed by atoms with E-state index in [1.54, 1.807) is 0 Å². The Kier molecular flexibility index (Phi) is 2.51. The molecule has 0 spiro atoms. The van der Waals surface area contributed by atoms with Crippen LogP contribution in [-0.2, 0) is 0 Å². The standard InChI is InChI=1S/C16H16N6/c1-8-14-9(2)22(10(3)15(14)16(17)21-19-8)12-5-4-11-7-18-20-13(11)6-12/h4-7H,1-3H3,(H2,17,21)(H,18,20). The zero-order chi connectivity index (χ0) is 15.4. The predicted molar refractivity (Wildman–Crippen MR) is 87.1 cm³/mol. The lowest BCUT2D eigenvalue weighted by Gasteiger charge is -2.09. The summed E-state index contributed by atoms with van der Waals surface area (Å²) in [6.45, 7) is 6.11. The third-order valence-corrected chi connectivity index (χ3v) is 4.25. The first-order valence-corrected chi connectivity index (χ1v) is 7.12. The number of H-pyrrole nitrogens is 1. The van der Waals surface area contributed by atoms with E-state index in [9.17, 15) is 0 Å². The number of hydrogen-bond acceptors (Lipinski definition) is 4. The van der Waals surface area contributed by atoms with Gasteiger partial charge in [-0.05, 0) is 39.0 Å². The van der Waals surface area contributed by atoms with E-state index in [-0.39, 0.29) is 0 Å². The lowest BCUT2D eigenvalue weighted by Crippen LogP contribution is -1.99. The lowest BCUT2D eigenvalue weighted by molar-refractivity contribution is 0.974. The van der Waals surface area contributed by atoms with E-state index in [4.69, 9.17) is 5.73 Å². The van der Waals surface area contributed by atoms with Gasteiger partial charge in [-0.1, -0.05) is 0 Å². The first-order chi connectivity index (χ1) is 10.6. The average Bonchev–Trinajstić information content (AvgIpc) is 3.06. The zero-order valence-corrected chi connectivity index (χ0v) is 12.7. The van der Waals surface area contributed by atoms with Gasteiger partial charge in [0.15, 0.2) is 5.82 Å². The van der Waals surface area contributed by atoms with E-state index in [1.165, 1.54) is 0 Å². The number of benzene rings is 1. The highest BCUT2D eigenvalue weighted by Crippen LogP contribution is 2.33. The van der Waals surface area contributed by atoms with Crippen LogP contribution < -0.4 is 5.73 Å². The van der Waals surface area contributed by atoms with Crippen LogP contribution in [0.2, 0.25) is 0 Å². The minimum absolute atomic E-state index is 0.475. The molecule has 1 aromatic carbocycles. The molecule has 0 aliphatic rings. The number of nitrogens with zero attached hydrogens (tertiary/aromatic N) is 4. The maximum Gasteiger partial charge on any atom is 0.155 e. The fraction of sp³-hybridized carbons (Fsp3) is 0.188. The van der Waals surface area contributed by atoms with Gasteiger partial charge in [-0.25, -0.2) is 0 Å². The van der Waals surface area contributed by atoms with Crippen LogP contribution in [0.25, 0.3) is 27.4 Å². The fourth-order valence-electron chi connectivity index (χ4n) is 3.27. The van der Waals surface area contributed by atoms with Crippen molar-refractivity contribution in [3.05, 3.63) is 41.5 Å². The van der Waals surface area contributed by atoms with Crippen LogP contribution in [0.1, 0.15) is 17.1 Å². The second-order valence-corrected chi connectivity index (χ2v) is 5.57. The summed E-state index contributed by atoms with van der Waals surface area (Å²) < 4.78 is 2.19. The van der Waals surface area contributed by atoms with Crippen LogP contribution in [0.4, 0.5) is 5.82 Å². The highest BCUT2D eigenvalue weighted by molar-refractivity contribution is 5.97. The number of nitrogens with two attached hydrogens (primary N) is 1. The highest BCUT2D eigenvalue weighted by atomic mass is 15.1. The molecule has 22 heavy (non-hydrogen) atoms. The van der Waals surface area contributed by atoms with Crippen LogP contribution in [0.5, 0.6) is 0 Å². The van der Waals surface area contributed by atoms with Crippen molar-refractivity contribution in [3.63, 3.8) is 0 Å². The molecular weight excluding hydrogens is 276 g/mol. The number of aromatic nitrogens is 5. The molecule has 0 fully saturated rings. The molecule has 0 saturated heterocycles. The van der Waals surface area contributed by atoms with Crippen molar-refractivity contribution in [2.75, 3.05) is 5.73 Å². The maximum absolute atomic E-state index is 6.06.